The fourth-order valence-electron chi connectivity index (χ4n) is 8.01. The maximum atomic E-state index is 7.64. The van der Waals surface area contributed by atoms with E-state index >= 15 is 0 Å². The predicted molar refractivity (Wildman–Crippen MR) is 205 cm³/mol. The van der Waals surface area contributed by atoms with Crippen molar-refractivity contribution in [3.8, 4) is 67.9 Å². The van der Waals surface area contributed by atoms with Gasteiger partial charge in [0.25, 0.3) is 0 Å². The summed E-state index contributed by atoms with van der Waals surface area (Å²) in [6.45, 7) is 7.64. The number of nitrogens with zero attached hydrogens (tertiary/aromatic N) is 4. The van der Waals surface area contributed by atoms with E-state index in [0.29, 0.717) is 23.2 Å². The van der Waals surface area contributed by atoms with E-state index in [-0.39, 0.29) is 0 Å². The summed E-state index contributed by atoms with van der Waals surface area (Å²) in [5.74, 6) is 3.19. The summed E-state index contributed by atoms with van der Waals surface area (Å²) >= 11 is 0. The van der Waals surface area contributed by atoms with Crippen molar-refractivity contribution < 1.29 is 4.74 Å². The van der Waals surface area contributed by atoms with Gasteiger partial charge in [0.05, 0.1) is 17.6 Å². The van der Waals surface area contributed by atoms with E-state index < -0.39 is 5.41 Å². The third kappa shape index (κ3) is 4.38. The van der Waals surface area contributed by atoms with E-state index in [2.05, 4.69) is 83.7 Å². The van der Waals surface area contributed by atoms with Crippen LogP contribution >= 0.6 is 0 Å². The molecule has 1 aliphatic carbocycles. The molecule has 2 aliphatic rings. The van der Waals surface area contributed by atoms with Crippen molar-refractivity contribution in [3.05, 3.63) is 204 Å². The minimum Gasteiger partial charge on any atom is -0.456 e. The highest BCUT2D eigenvalue weighted by Crippen LogP contribution is 2.63. The van der Waals surface area contributed by atoms with Gasteiger partial charge in [0, 0.05) is 22.3 Å². The van der Waals surface area contributed by atoms with Crippen molar-refractivity contribution in [1.29, 1.82) is 0 Å². The van der Waals surface area contributed by atoms with Gasteiger partial charge < -0.3 is 4.74 Å². The predicted octanol–water partition coefficient (Wildman–Crippen LogP) is 11.6. The first-order valence-electron chi connectivity index (χ1n) is 17.2. The lowest BCUT2D eigenvalue weighted by Crippen LogP contribution is -2.32. The fourth-order valence-corrected chi connectivity index (χ4v) is 8.01. The van der Waals surface area contributed by atoms with Gasteiger partial charge in [0.1, 0.15) is 11.5 Å². The van der Waals surface area contributed by atoms with E-state index in [1.807, 2.05) is 91.0 Å². The average molecular weight is 665 g/mol. The molecule has 0 bridgehead atoms. The molecule has 2 heterocycles. The minimum absolute atomic E-state index is 0.525. The lowest BCUT2D eigenvalue weighted by Gasteiger charge is -2.39. The molecule has 52 heavy (non-hydrogen) atoms. The van der Waals surface area contributed by atoms with Crippen LogP contribution in [0.2, 0.25) is 0 Å². The fraction of sp³-hybridized carbons (Fsp3) is 0.0213. The van der Waals surface area contributed by atoms with Gasteiger partial charge in [-0.1, -0.05) is 158 Å². The first kappa shape index (κ1) is 29.7. The Morgan fingerprint density at radius 3 is 1.60 bits per heavy atom. The monoisotopic (exact) mass is 664 g/mol. The van der Waals surface area contributed by atoms with Crippen LogP contribution in [0.1, 0.15) is 22.3 Å². The third-order valence-corrected chi connectivity index (χ3v) is 10.3. The van der Waals surface area contributed by atoms with Gasteiger partial charge in [-0.05, 0) is 45.5 Å². The topological polar surface area (TPSA) is 52.3 Å². The van der Waals surface area contributed by atoms with Crippen molar-refractivity contribution in [1.82, 2.24) is 15.0 Å². The molecule has 0 radical (unpaired) electrons. The molecule has 0 saturated heterocycles. The van der Waals surface area contributed by atoms with Crippen LogP contribution in [0.3, 0.4) is 0 Å². The zero-order valence-electron chi connectivity index (χ0n) is 27.9. The van der Waals surface area contributed by atoms with E-state index in [0.717, 1.165) is 50.4 Å². The van der Waals surface area contributed by atoms with E-state index in [1.165, 1.54) is 22.3 Å². The summed E-state index contributed by atoms with van der Waals surface area (Å²) in [6.07, 6.45) is 0. The molecular formula is C47H28N4O. The Labute approximate surface area is 301 Å². The Morgan fingerprint density at radius 1 is 0.404 bits per heavy atom. The number of fused-ring (bicyclic) bond motifs is 9. The zero-order chi connectivity index (χ0) is 34.6. The zero-order valence-corrected chi connectivity index (χ0v) is 27.9. The molecule has 0 atom stereocenters. The van der Waals surface area contributed by atoms with Crippen LogP contribution in [0.5, 0.6) is 11.5 Å². The molecule has 0 saturated carbocycles. The van der Waals surface area contributed by atoms with Gasteiger partial charge in [-0.3, -0.25) is 0 Å². The molecule has 5 nitrogen and oxygen atoms in total. The molecule has 1 aromatic heterocycles. The summed E-state index contributed by atoms with van der Waals surface area (Å²) in [4.78, 5) is 19.0. The number of hydrogen-bond acceptors (Lipinski definition) is 4. The van der Waals surface area contributed by atoms with Crippen LogP contribution in [-0.2, 0) is 5.41 Å². The second kappa shape index (κ2) is 11.7. The van der Waals surface area contributed by atoms with Crippen molar-refractivity contribution in [2.75, 3.05) is 0 Å². The Balaban J connectivity index is 1.20. The van der Waals surface area contributed by atoms with Crippen LogP contribution in [0, 0.1) is 6.57 Å². The molecule has 10 rings (SSSR count). The lowest BCUT2D eigenvalue weighted by molar-refractivity contribution is 0.437. The molecule has 1 spiro atoms. The van der Waals surface area contributed by atoms with Gasteiger partial charge in [0.15, 0.2) is 23.2 Å². The van der Waals surface area contributed by atoms with Crippen molar-refractivity contribution in [3.63, 3.8) is 0 Å². The Hall–Kier alpha value is -7.16. The summed E-state index contributed by atoms with van der Waals surface area (Å²) in [5, 5.41) is 0. The van der Waals surface area contributed by atoms with Crippen molar-refractivity contribution in [2.24, 2.45) is 0 Å². The average Bonchev–Trinajstić information content (AvgIpc) is 3.51. The van der Waals surface area contributed by atoms with E-state index in [4.69, 9.17) is 26.3 Å². The first-order valence-corrected chi connectivity index (χ1v) is 17.2. The lowest BCUT2D eigenvalue weighted by atomic mass is 9.66. The number of benzene rings is 7. The Morgan fingerprint density at radius 2 is 0.904 bits per heavy atom. The second-order valence-electron chi connectivity index (χ2n) is 13.0. The van der Waals surface area contributed by atoms with Gasteiger partial charge in [-0.2, -0.15) is 0 Å². The molecule has 0 unspecified atom stereocenters. The number of para-hydroxylation sites is 3. The Bertz CT molecular complexity index is 2680. The molecule has 0 N–H and O–H groups in total. The van der Waals surface area contributed by atoms with Crippen LogP contribution in [0.4, 0.5) is 5.69 Å². The molecule has 0 fully saturated rings. The van der Waals surface area contributed by atoms with E-state index in [9.17, 15) is 0 Å². The molecule has 1 aliphatic heterocycles. The van der Waals surface area contributed by atoms with Gasteiger partial charge >= 0.3 is 0 Å². The second-order valence-corrected chi connectivity index (χ2v) is 13.0. The van der Waals surface area contributed by atoms with Crippen LogP contribution in [0.25, 0.3) is 61.3 Å². The largest absolute Gasteiger partial charge is 0.456 e. The summed E-state index contributed by atoms with van der Waals surface area (Å²) in [5.41, 5.74) is 11.5. The molecule has 242 valence electrons. The maximum Gasteiger partial charge on any atom is 0.194 e. The van der Waals surface area contributed by atoms with Gasteiger partial charge in [-0.25, -0.2) is 19.8 Å². The normalized spacial score (nSPS) is 12.9. The van der Waals surface area contributed by atoms with Crippen molar-refractivity contribution >= 4 is 5.69 Å². The van der Waals surface area contributed by atoms with Crippen LogP contribution < -0.4 is 4.74 Å². The number of rotatable bonds is 4. The standard InChI is InChI=1S/C47H28N4O/c1-48-41-24-11-7-16-33(41)30-26-28-32(29-27-30)45-49-44(31-14-3-2-4-15-31)50-46(51-45)36-19-13-23-40-43(36)52-42-25-12-10-22-39(42)47(40)37-20-8-5-17-34(37)35-18-6-9-21-38(35)47/h2-29H. The number of aromatic nitrogens is 3. The molecule has 5 heteroatoms. The highest BCUT2D eigenvalue weighted by molar-refractivity contribution is 5.90. The van der Waals surface area contributed by atoms with Gasteiger partial charge in [0.2, 0.25) is 0 Å². The first-order chi connectivity index (χ1) is 25.7. The smallest absolute Gasteiger partial charge is 0.194 e. The molecule has 7 aromatic carbocycles. The Kier molecular flexibility index (Phi) is 6.70. The van der Waals surface area contributed by atoms with Crippen LogP contribution in [0.15, 0.2) is 170 Å². The van der Waals surface area contributed by atoms with Gasteiger partial charge in [-0.15, -0.1) is 0 Å². The quantitative estimate of drug-likeness (QED) is 0.176. The summed E-state index contributed by atoms with van der Waals surface area (Å²) < 4.78 is 6.93. The SMILES string of the molecule is [C-]#[N+]c1ccccc1-c1ccc(-c2nc(-c3ccccc3)nc(-c3cccc4c3Oc3ccccc3C43c4ccccc4-c4ccccc43)n2)cc1. The van der Waals surface area contributed by atoms with Crippen LogP contribution in [-0.4, -0.2) is 15.0 Å². The highest BCUT2D eigenvalue weighted by Gasteiger charge is 2.51. The summed E-state index contributed by atoms with van der Waals surface area (Å²) in [7, 11) is 0. The molecule has 0 amide bonds. The molecule has 8 aromatic rings. The summed E-state index contributed by atoms with van der Waals surface area (Å²) in [6, 6.07) is 57.9. The maximum absolute atomic E-state index is 7.64. The number of ether oxygens (including phenoxy) is 1. The number of hydrogen-bond donors (Lipinski definition) is 0. The van der Waals surface area contributed by atoms with Crippen molar-refractivity contribution in [2.45, 2.75) is 5.41 Å². The third-order valence-electron chi connectivity index (χ3n) is 10.3. The van der Waals surface area contributed by atoms with E-state index in [1.54, 1.807) is 0 Å². The molecular weight excluding hydrogens is 637 g/mol. The highest BCUT2D eigenvalue weighted by atomic mass is 16.5. The minimum atomic E-state index is -0.594.